The number of ether oxygens (including phenoxy) is 10. The van der Waals surface area contributed by atoms with Crippen molar-refractivity contribution in [3.63, 3.8) is 0 Å². The Kier molecular flexibility index (Phi) is 46.6. The van der Waals surface area contributed by atoms with E-state index in [9.17, 15) is 43.5 Å². The van der Waals surface area contributed by atoms with E-state index in [4.69, 9.17) is 67.8 Å². The second-order valence-electron chi connectivity index (χ2n) is 17.8. The van der Waals surface area contributed by atoms with Crippen molar-refractivity contribution in [3.05, 3.63) is 0 Å². The molecule has 10 N–H and O–H groups in total. The first-order chi connectivity index (χ1) is 37.6. The van der Waals surface area contributed by atoms with Crippen LogP contribution in [0.3, 0.4) is 0 Å². The summed E-state index contributed by atoms with van der Waals surface area (Å²) in [6.07, 6.45) is -2.75. The van der Waals surface area contributed by atoms with E-state index in [2.05, 4.69) is 26.6 Å². The Morgan fingerprint density at radius 3 is 1.43 bits per heavy atom. The van der Waals surface area contributed by atoms with E-state index in [1.54, 1.807) is 0 Å². The molecule has 1 aliphatic rings. The number of aliphatic carboxylic acids is 1. The number of hydrogen-bond donors (Lipinski definition) is 10. The normalized spacial score (nSPS) is 15.4. The number of carbonyl (C=O) groups is 8. The number of carboxylic acid groups (broad SMARTS) is 1. The molecule has 1 saturated heterocycles. The van der Waals surface area contributed by atoms with Crippen LogP contribution in [0.5, 0.6) is 0 Å². The minimum atomic E-state index is -1.01. The van der Waals surface area contributed by atoms with Gasteiger partial charge in [0.1, 0.15) is 13.2 Å². The van der Waals surface area contributed by atoms with Crippen LogP contribution in [0.15, 0.2) is 0 Å². The lowest BCUT2D eigenvalue weighted by Gasteiger charge is -2.21. The van der Waals surface area contributed by atoms with E-state index in [0.717, 1.165) is 0 Å². The molecule has 1 fully saturated rings. The smallest absolute Gasteiger partial charge is 0.407 e. The third-order valence-electron chi connectivity index (χ3n) is 10.3. The van der Waals surface area contributed by atoms with E-state index < -0.39 is 48.4 Å². The summed E-state index contributed by atoms with van der Waals surface area (Å²) in [7, 11) is 4.23. The summed E-state index contributed by atoms with van der Waals surface area (Å²) < 4.78 is 51.1. The van der Waals surface area contributed by atoms with Crippen LogP contribution < -0.4 is 26.6 Å². The first-order valence-corrected chi connectivity index (χ1v) is 27.0. The zero-order valence-corrected chi connectivity index (χ0v) is 48.3. The second kappa shape index (κ2) is 48.2. The van der Waals surface area contributed by atoms with Gasteiger partial charge in [-0.25, -0.2) is 9.59 Å². The highest BCUT2D eigenvalue weighted by molar-refractivity contribution is 8.01. The van der Waals surface area contributed by atoms with Gasteiger partial charge in [-0.3, -0.25) is 33.7 Å². The van der Waals surface area contributed by atoms with Crippen LogP contribution in [0.25, 0.3) is 0 Å². The van der Waals surface area contributed by atoms with E-state index in [1.165, 1.54) is 38.0 Å². The Balaban J connectivity index is 0. The van der Waals surface area contributed by atoms with Crippen molar-refractivity contribution >= 4 is 59.5 Å². The van der Waals surface area contributed by atoms with Crippen LogP contribution in [0.2, 0.25) is 0 Å². The van der Waals surface area contributed by atoms with Gasteiger partial charge in [0.25, 0.3) is 0 Å². The van der Waals surface area contributed by atoms with Gasteiger partial charge in [0, 0.05) is 91.0 Å². The molecular weight excluding hydrogens is 1070 g/mol. The highest BCUT2D eigenvalue weighted by atomic mass is 32.2. The maximum absolute atomic E-state index is 12.5. The molecule has 29 nitrogen and oxygen atoms in total. The number of aliphatic hydroxyl groups is 4. The van der Waals surface area contributed by atoms with Crippen LogP contribution in [-0.2, 0) is 76.1 Å². The van der Waals surface area contributed by atoms with Gasteiger partial charge in [-0.05, 0) is 19.3 Å². The molecule has 0 aliphatic carbocycles. The predicted molar refractivity (Wildman–Crippen MR) is 284 cm³/mol. The van der Waals surface area contributed by atoms with Gasteiger partial charge in [-0.15, -0.1) is 11.8 Å². The first kappa shape index (κ1) is 76.5. The third-order valence-corrected chi connectivity index (χ3v) is 11.7. The van der Waals surface area contributed by atoms with Gasteiger partial charge in [0.2, 0.25) is 29.5 Å². The predicted octanol–water partition coefficient (Wildman–Crippen LogP) is -0.630. The second-order valence-corrected chi connectivity index (χ2v) is 19.8. The number of thioether (sulfide) groups is 1. The molecule has 1 heterocycles. The fraction of sp³-hybridized carbons (Fsp3) is 0.837. The zero-order chi connectivity index (χ0) is 60.0. The summed E-state index contributed by atoms with van der Waals surface area (Å²) in [5.41, 5.74) is 0. The molecule has 7 amide bonds. The van der Waals surface area contributed by atoms with Gasteiger partial charge < -0.3 is 99.5 Å². The molecule has 0 spiro atoms. The monoisotopic (exact) mass is 1160 g/mol. The topological polar surface area (TPSA) is 393 Å². The Hall–Kier alpha value is -4.57. The molecule has 462 valence electrons. The number of amides is 7. The molecule has 0 aromatic carbocycles. The summed E-state index contributed by atoms with van der Waals surface area (Å²) in [6, 6.07) is 0. The number of nitrogens with one attached hydrogen (secondary N) is 5. The number of methoxy groups -OCH3 is 3. The van der Waals surface area contributed by atoms with Crippen molar-refractivity contribution in [2.45, 2.75) is 140 Å². The molecule has 7 atom stereocenters. The van der Waals surface area contributed by atoms with Crippen LogP contribution in [0.1, 0.15) is 92.9 Å². The van der Waals surface area contributed by atoms with Crippen LogP contribution in [0, 0.1) is 0 Å². The lowest BCUT2D eigenvalue weighted by atomic mass is 10.3. The Morgan fingerprint density at radius 1 is 0.570 bits per heavy atom. The lowest BCUT2D eigenvalue weighted by Crippen LogP contribution is -2.37. The Bertz CT molecular complexity index is 1660. The first-order valence-electron chi connectivity index (χ1n) is 26.1. The molecule has 0 aromatic heterocycles. The number of carboxylic acids is 1. The summed E-state index contributed by atoms with van der Waals surface area (Å²) in [5.74, 6) is -2.34. The number of alkyl carbamates (subject to hydrolysis) is 2. The molecule has 1 rings (SSSR count). The maximum atomic E-state index is 12.5. The average molecular weight is 1170 g/mol. The van der Waals surface area contributed by atoms with Crippen LogP contribution in [0.4, 0.5) is 9.59 Å². The minimum absolute atomic E-state index is 0.0127. The Morgan fingerprint density at radius 2 is 1.00 bits per heavy atom. The fourth-order valence-electron chi connectivity index (χ4n) is 5.93. The van der Waals surface area contributed by atoms with Crippen molar-refractivity contribution in [1.29, 1.82) is 0 Å². The molecule has 7 unspecified atom stereocenters. The van der Waals surface area contributed by atoms with Gasteiger partial charge in [0.05, 0.1) is 82.8 Å². The molecular formula is C49H92N6O23S. The molecule has 0 aromatic rings. The molecule has 79 heavy (non-hydrogen) atoms. The minimum Gasteiger partial charge on any atom is -0.481 e. The number of aliphatic hydroxyl groups excluding tert-OH is 4. The van der Waals surface area contributed by atoms with E-state index in [0.29, 0.717) is 19.3 Å². The van der Waals surface area contributed by atoms with Gasteiger partial charge in [-0.2, -0.15) is 0 Å². The molecule has 30 heteroatoms. The van der Waals surface area contributed by atoms with Crippen molar-refractivity contribution < 1.29 is 111 Å². The number of hydrogen-bond acceptors (Lipinski definition) is 23. The molecule has 0 bridgehead atoms. The van der Waals surface area contributed by atoms with E-state index in [-0.39, 0.29) is 184 Å². The van der Waals surface area contributed by atoms with Gasteiger partial charge in [-0.1, -0.05) is 41.5 Å². The van der Waals surface area contributed by atoms with Gasteiger partial charge in [0.15, 0.2) is 18.9 Å². The van der Waals surface area contributed by atoms with Crippen molar-refractivity contribution in [3.8, 4) is 0 Å². The van der Waals surface area contributed by atoms with E-state index >= 15 is 0 Å². The summed E-state index contributed by atoms with van der Waals surface area (Å²) in [4.78, 5) is 95.0. The lowest BCUT2D eigenvalue weighted by molar-refractivity contribution is -0.181. The van der Waals surface area contributed by atoms with E-state index in [1.807, 2.05) is 41.5 Å². The van der Waals surface area contributed by atoms with Crippen molar-refractivity contribution in [2.24, 2.45) is 0 Å². The molecule has 0 radical (unpaired) electrons. The highest BCUT2D eigenvalue weighted by Gasteiger charge is 2.40. The Labute approximate surface area is 467 Å². The average Bonchev–Trinajstić information content (AvgIpc) is 3.68. The number of rotatable bonds is 42. The maximum Gasteiger partial charge on any atom is 0.407 e. The fourth-order valence-corrected chi connectivity index (χ4v) is 7.23. The van der Waals surface area contributed by atoms with Crippen molar-refractivity contribution in [2.75, 3.05) is 127 Å². The number of carbonyl (C=O) groups excluding carboxylic acids is 7. The number of imide groups is 1. The summed E-state index contributed by atoms with van der Waals surface area (Å²) in [6.45, 7) is 12.4. The van der Waals surface area contributed by atoms with Crippen LogP contribution in [-0.4, -0.2) is 252 Å². The quantitative estimate of drug-likeness (QED) is 0.0207. The molecule has 0 saturated carbocycles. The van der Waals surface area contributed by atoms with Crippen molar-refractivity contribution in [1.82, 2.24) is 31.5 Å². The summed E-state index contributed by atoms with van der Waals surface area (Å²) >= 11 is 1.46. The molecule has 1 aliphatic heterocycles. The largest absolute Gasteiger partial charge is 0.481 e. The van der Waals surface area contributed by atoms with Crippen LogP contribution >= 0.6 is 11.8 Å². The SMILES string of the molecule is CCC(CO)OC(CO)OC.CCC(CO)OC(COC(=O)NCCC(=O)NCCNC(=O)CCOCCOCCNC(=O)CCN1C(=O)CC(SC(C)(C)C)C1=O)OC.CCC(CO)OC(COC(=O)NCCC(=O)O)OC. The standard InChI is InChI=1S/C31H55N5O12S.C11H21NO7.C7H16O4/c1-6-22(20-37)48-28(44-5)21-47-30(43)35-10-7-24(38)32-11-12-33-26(40)9-15-45-17-18-46-16-13-34-25(39)8-14-36-27(41)19-23(29(36)42)49-31(2,3)4;1-3-8(6-13)19-10(17-2)7-18-11(16)12-5-4-9(14)15;1-3-6(4-8)11-7(5-9)10-2/h22-23,28,37H,6-21H2,1-5H3,(H,32,38)(H,33,40)(H,34,39)(H,35,43);8,10,13H,3-7H2,1-2H3,(H,12,16)(H,14,15);6-9H,3-5H2,1-2H3. The van der Waals surface area contributed by atoms with Gasteiger partial charge >= 0.3 is 18.2 Å². The third kappa shape index (κ3) is 42.0. The highest BCUT2D eigenvalue weighted by Crippen LogP contribution is 2.34. The number of likely N-dealkylation sites (tertiary alicyclic amines) is 1. The number of nitrogens with zero attached hydrogens (tertiary/aromatic N) is 1. The zero-order valence-electron chi connectivity index (χ0n) is 47.5. The summed E-state index contributed by atoms with van der Waals surface area (Å²) in [5, 5.41) is 56.2.